The molecule has 0 bridgehead atoms. The molecule has 0 saturated heterocycles. The van der Waals surface area contributed by atoms with Crippen molar-refractivity contribution in [1.82, 2.24) is 9.55 Å². The number of benzene rings is 1. The number of hydrogen-bond donors (Lipinski definition) is 0. The average Bonchev–Trinajstić information content (AvgIpc) is 2.95. The summed E-state index contributed by atoms with van der Waals surface area (Å²) in [6.45, 7) is 1.49. The summed E-state index contributed by atoms with van der Waals surface area (Å²) < 4.78 is 50.2. The second-order valence-electron chi connectivity index (χ2n) is 5.64. The molecule has 2 aromatic heterocycles. The third-order valence-electron chi connectivity index (χ3n) is 3.76. The number of carbonyl (C=O) groups is 1. The molecule has 11 heteroatoms. The fourth-order valence-corrected chi connectivity index (χ4v) is 3.54. The van der Waals surface area contributed by atoms with Gasteiger partial charge in [-0.1, -0.05) is 22.9 Å². The van der Waals surface area contributed by atoms with Crippen molar-refractivity contribution in [2.45, 2.75) is 19.2 Å². The van der Waals surface area contributed by atoms with Crippen LogP contribution >= 0.6 is 22.9 Å². The van der Waals surface area contributed by atoms with Crippen LogP contribution in [0.25, 0.3) is 16.0 Å². The maximum Gasteiger partial charge on any atom is 0.417 e. The van der Waals surface area contributed by atoms with Crippen molar-refractivity contribution < 1.29 is 27.4 Å². The molecule has 0 aliphatic carbocycles. The predicted octanol–water partition coefficient (Wildman–Crippen LogP) is 4.06. The van der Waals surface area contributed by atoms with Gasteiger partial charge in [0.2, 0.25) is 0 Å². The lowest BCUT2D eigenvalue weighted by Crippen LogP contribution is -2.24. The van der Waals surface area contributed by atoms with Gasteiger partial charge in [0.1, 0.15) is 5.75 Å². The van der Waals surface area contributed by atoms with Gasteiger partial charge in [-0.15, -0.1) is 0 Å². The van der Waals surface area contributed by atoms with Crippen LogP contribution in [0.5, 0.6) is 5.75 Å². The third kappa shape index (κ3) is 3.83. The Bertz CT molecular complexity index is 1110. The summed E-state index contributed by atoms with van der Waals surface area (Å²) in [6, 6.07) is 5.33. The minimum absolute atomic E-state index is 0.135. The van der Waals surface area contributed by atoms with Gasteiger partial charge in [0.25, 0.3) is 0 Å². The molecular weight excluding hydrogens is 421 g/mol. The molecule has 0 fully saturated rings. The Balaban J connectivity index is 2.09. The molecule has 0 amide bonds. The number of nitrogens with zero attached hydrogens (tertiary/aromatic N) is 2. The van der Waals surface area contributed by atoms with Crippen molar-refractivity contribution in [2.75, 3.05) is 7.11 Å². The largest absolute Gasteiger partial charge is 0.479 e. The number of pyridine rings is 1. The highest BCUT2D eigenvalue weighted by atomic mass is 35.5. The van der Waals surface area contributed by atoms with E-state index < -0.39 is 28.7 Å². The molecule has 1 aromatic carbocycles. The van der Waals surface area contributed by atoms with Crippen LogP contribution in [0.15, 0.2) is 35.3 Å². The Morgan fingerprint density at radius 1 is 1.32 bits per heavy atom. The van der Waals surface area contributed by atoms with Gasteiger partial charge in [-0.3, -0.25) is 4.79 Å². The van der Waals surface area contributed by atoms with E-state index in [2.05, 4.69) is 9.72 Å². The molecule has 148 valence electrons. The summed E-state index contributed by atoms with van der Waals surface area (Å²) in [7, 11) is 1.22. The fourth-order valence-electron chi connectivity index (χ4n) is 2.44. The first kappa shape index (κ1) is 20.2. The van der Waals surface area contributed by atoms with Gasteiger partial charge < -0.3 is 9.47 Å². The van der Waals surface area contributed by atoms with Crippen molar-refractivity contribution in [3.05, 3.63) is 50.7 Å². The molecule has 6 nitrogen and oxygen atoms in total. The van der Waals surface area contributed by atoms with E-state index in [-0.39, 0.29) is 16.6 Å². The molecule has 0 spiro atoms. The maximum atomic E-state index is 12.8. The van der Waals surface area contributed by atoms with Crippen LogP contribution in [-0.4, -0.2) is 28.7 Å². The van der Waals surface area contributed by atoms with E-state index in [0.29, 0.717) is 22.5 Å². The second-order valence-corrected chi connectivity index (χ2v) is 7.04. The summed E-state index contributed by atoms with van der Waals surface area (Å²) in [5, 5.41) is -0.328. The monoisotopic (exact) mass is 432 g/mol. The van der Waals surface area contributed by atoms with Crippen LogP contribution in [0, 0.1) is 0 Å². The van der Waals surface area contributed by atoms with Crippen LogP contribution < -0.4 is 9.61 Å². The lowest BCUT2D eigenvalue weighted by Gasteiger charge is -2.13. The molecule has 1 atom stereocenters. The molecular formula is C17H12ClF3N2O4S. The van der Waals surface area contributed by atoms with Gasteiger partial charge >= 0.3 is 17.0 Å². The Hall–Kier alpha value is -2.59. The highest BCUT2D eigenvalue weighted by molar-refractivity contribution is 7.16. The Labute approximate surface area is 165 Å². The Morgan fingerprint density at radius 2 is 2.04 bits per heavy atom. The van der Waals surface area contributed by atoms with Crippen LogP contribution in [0.4, 0.5) is 13.2 Å². The zero-order chi connectivity index (χ0) is 20.6. The van der Waals surface area contributed by atoms with Crippen molar-refractivity contribution in [1.29, 1.82) is 0 Å². The zero-order valence-electron chi connectivity index (χ0n) is 14.4. The lowest BCUT2D eigenvalue weighted by atomic mass is 10.2. The second kappa shape index (κ2) is 7.44. The molecule has 0 aliphatic rings. The predicted molar refractivity (Wildman–Crippen MR) is 97.3 cm³/mol. The molecule has 3 rings (SSSR count). The summed E-state index contributed by atoms with van der Waals surface area (Å²) in [4.78, 5) is 27.2. The summed E-state index contributed by atoms with van der Waals surface area (Å²) >= 11 is 6.84. The summed E-state index contributed by atoms with van der Waals surface area (Å²) in [5.74, 6) is -0.459. The van der Waals surface area contributed by atoms with E-state index in [1.54, 1.807) is 12.1 Å². The topological polar surface area (TPSA) is 70.4 Å². The van der Waals surface area contributed by atoms with E-state index in [1.807, 2.05) is 0 Å². The number of hydrogen-bond acceptors (Lipinski definition) is 6. The van der Waals surface area contributed by atoms with Gasteiger partial charge in [-0.25, -0.2) is 14.3 Å². The normalized spacial score (nSPS) is 12.8. The number of aromatic nitrogens is 2. The Morgan fingerprint density at radius 3 is 2.64 bits per heavy atom. The minimum Gasteiger partial charge on any atom is -0.479 e. The highest BCUT2D eigenvalue weighted by Crippen LogP contribution is 2.33. The first-order valence-corrected chi connectivity index (χ1v) is 8.94. The van der Waals surface area contributed by atoms with Crippen molar-refractivity contribution in [2.24, 2.45) is 0 Å². The van der Waals surface area contributed by atoms with Crippen LogP contribution in [0.3, 0.4) is 0 Å². The third-order valence-corrected chi connectivity index (χ3v) is 4.96. The lowest BCUT2D eigenvalue weighted by molar-refractivity contribution is -0.148. The van der Waals surface area contributed by atoms with Gasteiger partial charge in [-0.2, -0.15) is 13.2 Å². The van der Waals surface area contributed by atoms with Crippen molar-refractivity contribution >= 4 is 39.1 Å². The van der Waals surface area contributed by atoms with E-state index in [1.165, 1.54) is 20.1 Å². The molecule has 2 heterocycles. The summed E-state index contributed by atoms with van der Waals surface area (Å²) in [6.07, 6.45) is -4.90. The molecule has 1 unspecified atom stereocenters. The van der Waals surface area contributed by atoms with Crippen molar-refractivity contribution in [3.63, 3.8) is 0 Å². The number of fused-ring (bicyclic) bond motifs is 1. The quantitative estimate of drug-likeness (QED) is 0.581. The van der Waals surface area contributed by atoms with Gasteiger partial charge in [0.15, 0.2) is 11.9 Å². The number of ether oxygens (including phenoxy) is 2. The van der Waals surface area contributed by atoms with Gasteiger partial charge in [0, 0.05) is 12.3 Å². The molecule has 0 radical (unpaired) electrons. The summed E-state index contributed by atoms with van der Waals surface area (Å²) in [5.41, 5.74) is -0.691. The minimum atomic E-state index is -4.61. The highest BCUT2D eigenvalue weighted by Gasteiger charge is 2.32. The van der Waals surface area contributed by atoms with Gasteiger partial charge in [0.05, 0.1) is 27.9 Å². The van der Waals surface area contributed by atoms with Crippen LogP contribution in [-0.2, 0) is 15.7 Å². The van der Waals surface area contributed by atoms with E-state index in [4.69, 9.17) is 16.3 Å². The smallest absolute Gasteiger partial charge is 0.417 e. The fraction of sp³-hybridized carbons (Fsp3) is 0.235. The number of esters is 1. The molecule has 3 aromatic rings. The molecule has 28 heavy (non-hydrogen) atoms. The number of rotatable bonds is 4. The van der Waals surface area contributed by atoms with Crippen LogP contribution in [0.1, 0.15) is 12.5 Å². The van der Waals surface area contributed by atoms with Crippen molar-refractivity contribution in [3.8, 4) is 11.6 Å². The Kier molecular flexibility index (Phi) is 5.35. The number of alkyl halides is 3. The molecule has 0 saturated carbocycles. The number of thiazole rings is 1. The average molecular weight is 433 g/mol. The van der Waals surface area contributed by atoms with Gasteiger partial charge in [-0.05, 0) is 25.1 Å². The molecule has 0 aliphatic heterocycles. The zero-order valence-corrected chi connectivity index (χ0v) is 16.0. The SMILES string of the molecule is COC(=O)C(C)Oc1ccc2sc(=O)n(-c3ncc(C(F)(F)F)cc3Cl)c2c1. The molecule has 0 N–H and O–H groups in total. The van der Waals surface area contributed by atoms with E-state index in [0.717, 1.165) is 15.9 Å². The number of carbonyl (C=O) groups excluding carboxylic acids is 1. The first-order valence-electron chi connectivity index (χ1n) is 7.75. The maximum absolute atomic E-state index is 12.8. The standard InChI is InChI=1S/C17H12ClF3N2O4S/c1-8(15(24)26-2)27-10-3-4-13-12(6-10)23(16(25)28-13)14-11(18)5-9(7-22-14)17(19,20)21/h3-8H,1-2H3. The van der Waals surface area contributed by atoms with E-state index >= 15 is 0 Å². The first-order chi connectivity index (χ1) is 13.1. The number of halogens is 4. The number of methoxy groups -OCH3 is 1. The van der Waals surface area contributed by atoms with E-state index in [9.17, 15) is 22.8 Å². The van der Waals surface area contributed by atoms with Crippen LogP contribution in [0.2, 0.25) is 5.02 Å².